The highest BCUT2D eigenvalue weighted by Gasteiger charge is 2.18. The van der Waals surface area contributed by atoms with E-state index in [1.807, 2.05) is 48.5 Å². The van der Waals surface area contributed by atoms with Gasteiger partial charge in [0.25, 0.3) is 5.56 Å². The third-order valence-corrected chi connectivity index (χ3v) is 8.83. The van der Waals surface area contributed by atoms with Crippen LogP contribution in [0.2, 0.25) is 0 Å². The first kappa shape index (κ1) is 25.2. The summed E-state index contributed by atoms with van der Waals surface area (Å²) < 4.78 is 2.78. The molecule has 0 saturated carbocycles. The van der Waals surface area contributed by atoms with Gasteiger partial charge in [0.1, 0.15) is 0 Å². The number of hydrogen-bond acceptors (Lipinski definition) is 4. The van der Waals surface area contributed by atoms with Crippen molar-refractivity contribution in [1.82, 2.24) is 9.38 Å². The van der Waals surface area contributed by atoms with Crippen molar-refractivity contribution in [1.29, 1.82) is 0 Å². The van der Waals surface area contributed by atoms with E-state index in [1.165, 1.54) is 11.3 Å². The number of nitrogens with zero attached hydrogens (tertiary/aromatic N) is 3. The SMILES string of the molecule is O=c1c2cc(N(c3cccc(-c4ccccc4)c3)c3cccc(-c4ccccc4)c3)ccc2nc2sc3ccccc3n12. The molecule has 0 radical (unpaired) electrons. The predicted octanol–water partition coefficient (Wildman–Crippen LogP) is 9.87. The van der Waals surface area contributed by atoms with Crippen LogP contribution in [-0.2, 0) is 0 Å². The van der Waals surface area contributed by atoms with E-state index in [4.69, 9.17) is 4.98 Å². The van der Waals surface area contributed by atoms with Crippen molar-refractivity contribution >= 4 is 54.5 Å². The topological polar surface area (TPSA) is 37.6 Å². The maximum absolute atomic E-state index is 14.0. The normalized spacial score (nSPS) is 11.3. The number of rotatable bonds is 5. The molecular weight excluding hydrogens is 547 g/mol. The van der Waals surface area contributed by atoms with Gasteiger partial charge in [-0.25, -0.2) is 4.98 Å². The van der Waals surface area contributed by atoms with Gasteiger partial charge in [-0.1, -0.05) is 108 Å². The molecule has 6 aromatic carbocycles. The number of para-hydroxylation sites is 1. The second-order valence-electron chi connectivity index (χ2n) is 10.5. The summed E-state index contributed by atoms with van der Waals surface area (Å²) in [6.45, 7) is 0. The van der Waals surface area contributed by atoms with Gasteiger partial charge in [-0.3, -0.25) is 9.20 Å². The van der Waals surface area contributed by atoms with Crippen LogP contribution in [0.3, 0.4) is 0 Å². The maximum atomic E-state index is 14.0. The first-order valence-corrected chi connectivity index (χ1v) is 15.0. The Bertz CT molecular complexity index is 2240. The van der Waals surface area contributed by atoms with Crippen LogP contribution >= 0.6 is 11.3 Å². The van der Waals surface area contributed by atoms with E-state index in [-0.39, 0.29) is 5.56 Å². The Morgan fingerprint density at radius 2 is 1.09 bits per heavy atom. The summed E-state index contributed by atoms with van der Waals surface area (Å²) in [5.74, 6) is 0. The Morgan fingerprint density at radius 3 is 1.74 bits per heavy atom. The summed E-state index contributed by atoms with van der Waals surface area (Å²) in [6, 6.07) is 51.8. The fourth-order valence-electron chi connectivity index (χ4n) is 5.76. The van der Waals surface area contributed by atoms with Crippen LogP contribution in [0.1, 0.15) is 0 Å². The van der Waals surface area contributed by atoms with Gasteiger partial charge in [0.2, 0.25) is 0 Å². The van der Waals surface area contributed by atoms with Crippen molar-refractivity contribution in [2.45, 2.75) is 0 Å². The van der Waals surface area contributed by atoms with E-state index in [2.05, 4.69) is 108 Å². The van der Waals surface area contributed by atoms with Crippen LogP contribution in [0.15, 0.2) is 156 Å². The van der Waals surface area contributed by atoms with E-state index in [9.17, 15) is 4.79 Å². The van der Waals surface area contributed by atoms with Crippen molar-refractivity contribution in [3.63, 3.8) is 0 Å². The molecule has 0 fully saturated rings. The van der Waals surface area contributed by atoms with Crippen molar-refractivity contribution < 1.29 is 0 Å². The molecule has 5 heteroatoms. The summed E-state index contributed by atoms with van der Waals surface area (Å²) in [5.41, 5.74) is 8.95. The molecule has 0 aliphatic carbocycles. The Balaban J connectivity index is 1.35. The average Bonchev–Trinajstić information content (AvgIpc) is 3.45. The monoisotopic (exact) mass is 571 g/mol. The number of fused-ring (bicyclic) bond motifs is 4. The Labute approximate surface area is 252 Å². The van der Waals surface area contributed by atoms with Crippen LogP contribution in [0, 0.1) is 0 Å². The zero-order valence-corrected chi connectivity index (χ0v) is 23.9. The van der Waals surface area contributed by atoms with Crippen LogP contribution in [-0.4, -0.2) is 9.38 Å². The highest BCUT2D eigenvalue weighted by atomic mass is 32.1. The number of benzene rings is 6. The lowest BCUT2D eigenvalue weighted by atomic mass is 10.0. The molecule has 0 N–H and O–H groups in total. The molecular formula is C38H25N3OS. The number of anilines is 3. The van der Waals surface area contributed by atoms with Gasteiger partial charge < -0.3 is 4.90 Å². The average molecular weight is 572 g/mol. The summed E-state index contributed by atoms with van der Waals surface area (Å²) in [5, 5.41) is 0.585. The quantitative estimate of drug-likeness (QED) is 0.206. The molecule has 2 aromatic heterocycles. The minimum absolute atomic E-state index is 0.0599. The van der Waals surface area contributed by atoms with Gasteiger partial charge in [-0.05, 0) is 76.9 Å². The lowest BCUT2D eigenvalue weighted by Crippen LogP contribution is -2.15. The first-order valence-electron chi connectivity index (χ1n) is 14.2. The predicted molar refractivity (Wildman–Crippen MR) is 180 cm³/mol. The largest absolute Gasteiger partial charge is 0.310 e. The summed E-state index contributed by atoms with van der Waals surface area (Å²) >= 11 is 1.54. The molecule has 204 valence electrons. The van der Waals surface area contributed by atoms with Gasteiger partial charge in [-0.2, -0.15) is 0 Å². The minimum atomic E-state index is -0.0599. The first-order chi connectivity index (χ1) is 21.2. The lowest BCUT2D eigenvalue weighted by molar-refractivity contribution is 1.16. The van der Waals surface area contributed by atoms with Crippen molar-refractivity contribution in [3.05, 3.63) is 162 Å². The zero-order chi connectivity index (χ0) is 28.8. The molecule has 0 aliphatic rings. The highest BCUT2D eigenvalue weighted by Crippen LogP contribution is 2.39. The maximum Gasteiger partial charge on any atom is 0.266 e. The molecule has 0 unspecified atom stereocenters. The number of aromatic nitrogens is 2. The van der Waals surface area contributed by atoms with Crippen LogP contribution in [0.4, 0.5) is 17.1 Å². The molecule has 0 aliphatic heterocycles. The molecule has 0 amide bonds. The fraction of sp³-hybridized carbons (Fsp3) is 0. The highest BCUT2D eigenvalue weighted by molar-refractivity contribution is 7.23. The van der Waals surface area contributed by atoms with E-state index < -0.39 is 0 Å². The van der Waals surface area contributed by atoms with Gasteiger partial charge in [0.15, 0.2) is 4.96 Å². The third kappa shape index (κ3) is 4.47. The van der Waals surface area contributed by atoms with Crippen LogP contribution in [0.25, 0.3) is 48.3 Å². The minimum Gasteiger partial charge on any atom is -0.310 e. The lowest BCUT2D eigenvalue weighted by Gasteiger charge is -2.27. The third-order valence-electron chi connectivity index (χ3n) is 7.81. The molecule has 8 rings (SSSR count). The molecule has 0 saturated heterocycles. The van der Waals surface area contributed by atoms with Gasteiger partial charge in [0.05, 0.1) is 21.1 Å². The Kier molecular flexibility index (Phi) is 6.09. The van der Waals surface area contributed by atoms with Crippen LogP contribution < -0.4 is 10.5 Å². The van der Waals surface area contributed by atoms with E-state index >= 15 is 0 Å². The van der Waals surface area contributed by atoms with E-state index in [0.29, 0.717) is 15.9 Å². The number of hydrogen-bond donors (Lipinski definition) is 0. The standard InChI is InChI=1S/C38H25N3OS/c42-37-33-25-32(21-22-34(33)39-38-41(37)35-19-7-8-20-36(35)43-38)40(30-17-9-15-28(23-30)26-11-3-1-4-12-26)31-18-10-16-29(24-31)27-13-5-2-6-14-27/h1-25H. The van der Waals surface area contributed by atoms with Crippen LogP contribution in [0.5, 0.6) is 0 Å². The molecule has 0 atom stereocenters. The second-order valence-corrected chi connectivity index (χ2v) is 11.5. The Morgan fingerprint density at radius 1 is 0.535 bits per heavy atom. The van der Waals surface area contributed by atoms with Crippen molar-refractivity contribution in [2.75, 3.05) is 4.90 Å². The summed E-state index contributed by atoms with van der Waals surface area (Å²) in [6.07, 6.45) is 0. The molecule has 4 nitrogen and oxygen atoms in total. The zero-order valence-electron chi connectivity index (χ0n) is 23.1. The molecule has 0 spiro atoms. The molecule has 0 bridgehead atoms. The molecule has 2 heterocycles. The fourth-order valence-corrected chi connectivity index (χ4v) is 6.78. The molecule has 8 aromatic rings. The van der Waals surface area contributed by atoms with Gasteiger partial charge in [0, 0.05) is 17.1 Å². The van der Waals surface area contributed by atoms with Gasteiger partial charge >= 0.3 is 0 Å². The summed E-state index contributed by atoms with van der Waals surface area (Å²) in [4.78, 5) is 21.8. The Hall–Kier alpha value is -5.52. The van der Waals surface area contributed by atoms with Crippen molar-refractivity contribution in [2.24, 2.45) is 0 Å². The smallest absolute Gasteiger partial charge is 0.266 e. The second kappa shape index (κ2) is 10.4. The van der Waals surface area contributed by atoms with E-state index in [0.717, 1.165) is 49.5 Å². The number of thiazole rings is 1. The van der Waals surface area contributed by atoms with Crippen molar-refractivity contribution in [3.8, 4) is 22.3 Å². The van der Waals surface area contributed by atoms with Gasteiger partial charge in [-0.15, -0.1) is 0 Å². The van der Waals surface area contributed by atoms with E-state index in [1.54, 1.807) is 4.40 Å². The summed E-state index contributed by atoms with van der Waals surface area (Å²) in [7, 11) is 0. The molecule has 43 heavy (non-hydrogen) atoms.